The van der Waals surface area contributed by atoms with Crippen molar-refractivity contribution in [2.75, 3.05) is 26.6 Å². The number of nitrogens with one attached hydrogen (secondary N) is 1. The van der Waals surface area contributed by atoms with Gasteiger partial charge in [0, 0.05) is 19.2 Å². The van der Waals surface area contributed by atoms with Crippen molar-refractivity contribution in [2.45, 2.75) is 6.92 Å². The Labute approximate surface area is 189 Å². The maximum absolute atomic E-state index is 13.5. The second-order valence-electron chi connectivity index (χ2n) is 7.14. The maximum atomic E-state index is 13.5. The Hall–Kier alpha value is -4.34. The number of aryl methyl sites for hydroxylation is 2. The lowest BCUT2D eigenvalue weighted by atomic mass is 10.1. The first-order valence-electron chi connectivity index (χ1n) is 9.91. The van der Waals surface area contributed by atoms with E-state index in [0.717, 1.165) is 0 Å². The van der Waals surface area contributed by atoms with Crippen LogP contribution in [0.2, 0.25) is 0 Å². The van der Waals surface area contributed by atoms with Gasteiger partial charge in [-0.1, -0.05) is 0 Å². The van der Waals surface area contributed by atoms with E-state index in [-0.39, 0.29) is 11.3 Å². The minimum absolute atomic E-state index is 0.114. The normalized spacial score (nSPS) is 10.8. The van der Waals surface area contributed by atoms with Crippen molar-refractivity contribution in [2.24, 2.45) is 7.05 Å². The molecule has 0 spiro atoms. The van der Waals surface area contributed by atoms with Gasteiger partial charge in [0.15, 0.2) is 22.9 Å². The number of nitrogens with zero attached hydrogens (tertiary/aromatic N) is 3. The van der Waals surface area contributed by atoms with Crippen LogP contribution in [0.1, 0.15) is 26.4 Å². The average molecular weight is 450 g/mol. The van der Waals surface area contributed by atoms with Gasteiger partial charge in [0.1, 0.15) is 5.69 Å². The van der Waals surface area contributed by atoms with E-state index in [4.69, 9.17) is 18.6 Å². The van der Waals surface area contributed by atoms with Crippen LogP contribution in [0.15, 0.2) is 41.0 Å². The molecule has 33 heavy (non-hydrogen) atoms. The quantitative estimate of drug-likeness (QED) is 0.443. The molecule has 0 fully saturated rings. The molecule has 0 saturated heterocycles. The smallest absolute Gasteiger partial charge is 0.340 e. The summed E-state index contributed by atoms with van der Waals surface area (Å²) in [6, 6.07) is 8.07. The number of anilines is 1. The molecule has 0 unspecified atom stereocenters. The van der Waals surface area contributed by atoms with Gasteiger partial charge in [-0.2, -0.15) is 5.10 Å². The molecular formula is C23H22N4O6. The van der Waals surface area contributed by atoms with Gasteiger partial charge in [-0.05, 0) is 25.1 Å². The highest BCUT2D eigenvalue weighted by Gasteiger charge is 2.23. The molecule has 0 aliphatic rings. The number of furan rings is 1. The van der Waals surface area contributed by atoms with Gasteiger partial charge in [0.2, 0.25) is 0 Å². The van der Waals surface area contributed by atoms with Gasteiger partial charge < -0.3 is 23.9 Å². The summed E-state index contributed by atoms with van der Waals surface area (Å²) in [5.41, 5.74) is 2.27. The van der Waals surface area contributed by atoms with Crippen LogP contribution in [-0.2, 0) is 11.8 Å². The lowest BCUT2D eigenvalue weighted by molar-refractivity contribution is 0.0601. The number of fused-ring (bicyclic) bond motifs is 1. The molecule has 3 heterocycles. The summed E-state index contributed by atoms with van der Waals surface area (Å²) in [4.78, 5) is 30.5. The van der Waals surface area contributed by atoms with E-state index in [1.165, 1.54) is 39.7 Å². The first-order valence-corrected chi connectivity index (χ1v) is 9.91. The van der Waals surface area contributed by atoms with Crippen LogP contribution < -0.4 is 14.8 Å². The maximum Gasteiger partial charge on any atom is 0.340 e. The van der Waals surface area contributed by atoms with Crippen LogP contribution >= 0.6 is 0 Å². The summed E-state index contributed by atoms with van der Waals surface area (Å²) in [7, 11) is 5.92. The van der Waals surface area contributed by atoms with Crippen molar-refractivity contribution < 1.29 is 28.2 Å². The van der Waals surface area contributed by atoms with Crippen LogP contribution in [0.25, 0.3) is 22.5 Å². The summed E-state index contributed by atoms with van der Waals surface area (Å²) in [5, 5.41) is 7.79. The topological polar surface area (TPSA) is 118 Å². The highest BCUT2D eigenvalue weighted by molar-refractivity contribution is 6.15. The van der Waals surface area contributed by atoms with Crippen molar-refractivity contribution in [3.05, 3.63) is 53.4 Å². The first kappa shape index (κ1) is 21.9. The SMILES string of the molecule is COC(=O)c1cc(OC)c(OC)cc1NC(=O)c1cc(-c2ccco2)nc2c1c(C)nn2C. The molecule has 0 aliphatic heterocycles. The highest BCUT2D eigenvalue weighted by atomic mass is 16.5. The number of esters is 1. The van der Waals surface area contributed by atoms with Crippen LogP contribution in [-0.4, -0.2) is 48.0 Å². The standard InChI is InChI=1S/C23H22N4O6/c1-12-20-14(9-16(17-7-6-8-33-17)24-21(20)27(2)26-12)22(28)25-15-11-19(31-4)18(30-3)10-13(15)23(29)32-5/h6-11H,1-5H3,(H,25,28). The second kappa shape index (κ2) is 8.65. The number of carbonyl (C=O) groups excluding carboxylic acids is 2. The van der Waals surface area contributed by atoms with E-state index in [2.05, 4.69) is 15.4 Å². The number of rotatable bonds is 6. The summed E-state index contributed by atoms with van der Waals surface area (Å²) in [5.74, 6) is 0.0642. The molecule has 0 saturated carbocycles. The Bertz CT molecular complexity index is 1360. The van der Waals surface area contributed by atoms with E-state index in [9.17, 15) is 9.59 Å². The molecule has 170 valence electrons. The predicted octanol–water partition coefficient (Wildman–Crippen LogP) is 3.59. The molecule has 10 nitrogen and oxygen atoms in total. The molecule has 1 amide bonds. The fourth-order valence-electron chi connectivity index (χ4n) is 3.63. The van der Waals surface area contributed by atoms with Crippen molar-refractivity contribution in [3.63, 3.8) is 0 Å². The number of carbonyl (C=O) groups is 2. The number of methoxy groups -OCH3 is 3. The minimum atomic E-state index is -0.639. The number of aromatic nitrogens is 3. The second-order valence-corrected chi connectivity index (χ2v) is 7.14. The molecule has 3 aromatic heterocycles. The molecule has 0 atom stereocenters. The average Bonchev–Trinajstić information content (AvgIpc) is 3.46. The lowest BCUT2D eigenvalue weighted by Gasteiger charge is -2.15. The van der Waals surface area contributed by atoms with Gasteiger partial charge in [-0.25, -0.2) is 9.78 Å². The molecule has 4 rings (SSSR count). The number of hydrogen-bond acceptors (Lipinski definition) is 8. The van der Waals surface area contributed by atoms with E-state index >= 15 is 0 Å². The predicted molar refractivity (Wildman–Crippen MR) is 120 cm³/mol. The Morgan fingerprint density at radius 2 is 1.79 bits per heavy atom. The number of benzene rings is 1. The monoisotopic (exact) mass is 450 g/mol. The van der Waals surface area contributed by atoms with Gasteiger partial charge in [0.25, 0.3) is 5.91 Å². The summed E-state index contributed by atoms with van der Waals surface area (Å²) < 4.78 is 22.6. The molecular weight excluding hydrogens is 428 g/mol. The molecule has 0 radical (unpaired) electrons. The third-order valence-electron chi connectivity index (χ3n) is 5.16. The largest absolute Gasteiger partial charge is 0.493 e. The zero-order chi connectivity index (χ0) is 23.7. The van der Waals surface area contributed by atoms with E-state index < -0.39 is 11.9 Å². The van der Waals surface area contributed by atoms with Crippen molar-refractivity contribution >= 4 is 28.6 Å². The number of amides is 1. The van der Waals surface area contributed by atoms with Gasteiger partial charge in [-0.3, -0.25) is 9.48 Å². The molecule has 0 aliphatic carbocycles. The first-order chi connectivity index (χ1) is 15.9. The fourth-order valence-corrected chi connectivity index (χ4v) is 3.63. The third kappa shape index (κ3) is 3.86. The van der Waals surface area contributed by atoms with Crippen LogP contribution in [0.4, 0.5) is 5.69 Å². The number of hydrogen-bond donors (Lipinski definition) is 1. The molecule has 0 bridgehead atoms. The molecule has 1 N–H and O–H groups in total. The van der Waals surface area contributed by atoms with E-state index in [1.54, 1.807) is 36.9 Å². The highest BCUT2D eigenvalue weighted by Crippen LogP contribution is 2.35. The molecule has 1 aromatic carbocycles. The zero-order valence-corrected chi connectivity index (χ0v) is 18.8. The Kier molecular flexibility index (Phi) is 5.74. The van der Waals surface area contributed by atoms with E-state index in [0.29, 0.717) is 45.2 Å². The Morgan fingerprint density at radius 3 is 2.42 bits per heavy atom. The molecule has 4 aromatic rings. The van der Waals surface area contributed by atoms with Crippen LogP contribution in [0.3, 0.4) is 0 Å². The van der Waals surface area contributed by atoms with Crippen LogP contribution in [0.5, 0.6) is 11.5 Å². The number of ether oxygens (including phenoxy) is 3. The van der Waals surface area contributed by atoms with Gasteiger partial charge in [-0.15, -0.1) is 0 Å². The van der Waals surface area contributed by atoms with Crippen molar-refractivity contribution in [1.82, 2.24) is 14.8 Å². The van der Waals surface area contributed by atoms with Gasteiger partial charge >= 0.3 is 5.97 Å². The van der Waals surface area contributed by atoms with Crippen LogP contribution in [0, 0.1) is 6.92 Å². The zero-order valence-electron chi connectivity index (χ0n) is 18.8. The Morgan fingerprint density at radius 1 is 1.06 bits per heavy atom. The fraction of sp³-hybridized carbons (Fsp3) is 0.217. The molecule has 10 heteroatoms. The van der Waals surface area contributed by atoms with Crippen molar-refractivity contribution in [1.29, 1.82) is 0 Å². The summed E-state index contributed by atoms with van der Waals surface area (Å²) in [6.45, 7) is 1.80. The van der Waals surface area contributed by atoms with Gasteiger partial charge in [0.05, 0.1) is 55.5 Å². The van der Waals surface area contributed by atoms with E-state index in [1.807, 2.05) is 0 Å². The number of pyridine rings is 1. The third-order valence-corrected chi connectivity index (χ3v) is 5.16. The summed E-state index contributed by atoms with van der Waals surface area (Å²) >= 11 is 0. The summed E-state index contributed by atoms with van der Waals surface area (Å²) in [6.07, 6.45) is 1.53. The minimum Gasteiger partial charge on any atom is -0.493 e. The van der Waals surface area contributed by atoms with Crippen molar-refractivity contribution in [3.8, 4) is 23.0 Å². The lowest BCUT2D eigenvalue weighted by Crippen LogP contribution is -2.17. The Balaban J connectivity index is 1.85.